The number of hydrogen-bond donors (Lipinski definition) is 3. The van der Waals surface area contributed by atoms with Gasteiger partial charge in [-0.15, -0.1) is 11.8 Å². The van der Waals surface area contributed by atoms with Crippen molar-refractivity contribution in [2.75, 3.05) is 25.0 Å². The number of carbonyl (C=O) groups excluding carboxylic acids is 3. The van der Waals surface area contributed by atoms with Gasteiger partial charge in [-0.1, -0.05) is 30.7 Å². The van der Waals surface area contributed by atoms with Gasteiger partial charge in [0.05, 0.1) is 27.3 Å². The van der Waals surface area contributed by atoms with Crippen molar-refractivity contribution in [2.24, 2.45) is 11.8 Å². The van der Waals surface area contributed by atoms with Gasteiger partial charge in [-0.25, -0.2) is 0 Å². The third-order valence-corrected chi connectivity index (χ3v) is 9.37. The molecule has 33 heavy (non-hydrogen) atoms. The first-order chi connectivity index (χ1) is 15.9. The van der Waals surface area contributed by atoms with Crippen LogP contribution in [0.15, 0.2) is 24.3 Å². The standard InChI is InChI=1S/C24H32ClN3O4S/c1-2-12-26-21(30)18-17-10-11-24(33-17)19(18)23(32)28(13-6-3-7-14-29)20(24)22(31)27-16-9-5-4-8-15(16)25/h4-5,8-9,17-20,29H,2-3,6-7,10-14H2,1H3,(H,26,30)(H,27,31)/t17-,18+,19-,20?,24?/m0/s1. The number of carbonyl (C=O) groups is 3. The second-order valence-electron chi connectivity index (χ2n) is 9.13. The summed E-state index contributed by atoms with van der Waals surface area (Å²) in [5, 5.41) is 15.6. The fourth-order valence-corrected chi connectivity index (χ4v) is 8.10. The molecule has 7 nitrogen and oxygen atoms in total. The van der Waals surface area contributed by atoms with Crippen LogP contribution in [0.5, 0.6) is 0 Å². The molecule has 3 heterocycles. The van der Waals surface area contributed by atoms with Crippen molar-refractivity contribution in [3.05, 3.63) is 29.3 Å². The Morgan fingerprint density at radius 2 is 2.03 bits per heavy atom. The van der Waals surface area contributed by atoms with E-state index < -0.39 is 22.6 Å². The lowest BCUT2D eigenvalue weighted by Gasteiger charge is -2.34. The molecule has 3 aliphatic heterocycles. The zero-order valence-electron chi connectivity index (χ0n) is 18.9. The molecule has 3 amide bonds. The molecule has 4 rings (SSSR count). The van der Waals surface area contributed by atoms with Gasteiger partial charge in [-0.3, -0.25) is 14.4 Å². The van der Waals surface area contributed by atoms with E-state index in [2.05, 4.69) is 10.6 Å². The summed E-state index contributed by atoms with van der Waals surface area (Å²) in [7, 11) is 0. The minimum Gasteiger partial charge on any atom is -0.396 e. The highest BCUT2D eigenvalue weighted by Crippen LogP contribution is 2.66. The van der Waals surface area contributed by atoms with E-state index in [9.17, 15) is 14.4 Å². The molecule has 3 N–H and O–H groups in total. The topological polar surface area (TPSA) is 98.7 Å². The monoisotopic (exact) mass is 493 g/mol. The van der Waals surface area contributed by atoms with Crippen molar-refractivity contribution in [1.29, 1.82) is 0 Å². The van der Waals surface area contributed by atoms with E-state index in [1.54, 1.807) is 40.9 Å². The van der Waals surface area contributed by atoms with Crippen LogP contribution in [0.2, 0.25) is 5.02 Å². The van der Waals surface area contributed by atoms with Crippen LogP contribution >= 0.6 is 23.4 Å². The predicted octanol–water partition coefficient (Wildman–Crippen LogP) is 3.06. The Morgan fingerprint density at radius 3 is 2.76 bits per heavy atom. The summed E-state index contributed by atoms with van der Waals surface area (Å²) in [4.78, 5) is 42.2. The summed E-state index contributed by atoms with van der Waals surface area (Å²) in [6.45, 7) is 3.13. The van der Waals surface area contributed by atoms with Gasteiger partial charge in [0.25, 0.3) is 0 Å². The molecular formula is C24H32ClN3O4S. The molecule has 9 heteroatoms. The maximum atomic E-state index is 13.7. The van der Waals surface area contributed by atoms with Crippen LogP contribution < -0.4 is 10.6 Å². The highest BCUT2D eigenvalue weighted by molar-refractivity contribution is 8.02. The summed E-state index contributed by atoms with van der Waals surface area (Å²) in [6, 6.07) is 6.42. The van der Waals surface area contributed by atoms with Crippen molar-refractivity contribution >= 4 is 46.8 Å². The molecule has 3 aliphatic rings. The smallest absolute Gasteiger partial charge is 0.248 e. The van der Waals surface area contributed by atoms with Crippen LogP contribution in [0.1, 0.15) is 45.4 Å². The molecule has 3 fully saturated rings. The summed E-state index contributed by atoms with van der Waals surface area (Å²) in [5.41, 5.74) is 0.520. The van der Waals surface area contributed by atoms with Crippen molar-refractivity contribution in [3.63, 3.8) is 0 Å². The Labute approximate surface area is 204 Å². The van der Waals surface area contributed by atoms with Gasteiger partial charge >= 0.3 is 0 Å². The number of aliphatic hydroxyl groups is 1. The van der Waals surface area contributed by atoms with Crippen molar-refractivity contribution in [2.45, 2.75) is 61.5 Å². The number of halogens is 1. The molecule has 0 aromatic heterocycles. The summed E-state index contributed by atoms with van der Waals surface area (Å²) >= 11 is 7.95. The van der Waals surface area contributed by atoms with Crippen LogP contribution in [-0.4, -0.2) is 63.5 Å². The molecule has 1 aromatic carbocycles. The van der Waals surface area contributed by atoms with Crippen LogP contribution in [0.3, 0.4) is 0 Å². The van der Waals surface area contributed by atoms with Crippen LogP contribution in [0, 0.1) is 11.8 Å². The maximum absolute atomic E-state index is 13.7. The highest BCUT2D eigenvalue weighted by Gasteiger charge is 2.73. The number of benzene rings is 1. The largest absolute Gasteiger partial charge is 0.396 e. The molecule has 2 unspecified atom stereocenters. The lowest BCUT2D eigenvalue weighted by molar-refractivity contribution is -0.139. The number of para-hydroxylation sites is 1. The van der Waals surface area contributed by atoms with Crippen molar-refractivity contribution in [3.8, 4) is 0 Å². The first-order valence-electron chi connectivity index (χ1n) is 11.9. The van der Waals surface area contributed by atoms with Gasteiger partial charge in [0, 0.05) is 24.9 Å². The van der Waals surface area contributed by atoms with Crippen LogP contribution in [-0.2, 0) is 14.4 Å². The molecule has 0 radical (unpaired) electrons. The number of anilines is 1. The number of unbranched alkanes of at least 4 members (excludes halogenated alkanes) is 2. The van der Waals surface area contributed by atoms with E-state index >= 15 is 0 Å². The molecule has 180 valence electrons. The van der Waals surface area contributed by atoms with E-state index in [1.807, 2.05) is 6.92 Å². The Bertz CT molecular complexity index is 915. The van der Waals surface area contributed by atoms with E-state index in [4.69, 9.17) is 16.7 Å². The SMILES string of the molecule is CCCNC(=O)[C@@H]1[C@@H]2CCC3(S2)C(C(=O)Nc2ccccc2Cl)N(CCCCCO)C(=O)[C@H]13. The number of thioether (sulfide) groups is 1. The second-order valence-corrected chi connectivity index (χ2v) is 11.1. The number of likely N-dealkylation sites (tertiary alicyclic amines) is 1. The quantitative estimate of drug-likeness (QED) is 0.435. The van der Waals surface area contributed by atoms with E-state index in [0.29, 0.717) is 36.6 Å². The third kappa shape index (κ3) is 4.37. The fraction of sp³-hybridized carbons (Fsp3) is 0.625. The highest BCUT2D eigenvalue weighted by atomic mass is 35.5. The Kier molecular flexibility index (Phi) is 7.56. The molecule has 5 atom stereocenters. The minimum absolute atomic E-state index is 0.0583. The third-order valence-electron chi connectivity index (χ3n) is 7.09. The first kappa shape index (κ1) is 24.4. The Morgan fingerprint density at radius 1 is 1.24 bits per heavy atom. The van der Waals surface area contributed by atoms with E-state index in [0.717, 1.165) is 25.7 Å². The average Bonchev–Trinajstić information content (AvgIpc) is 3.44. The van der Waals surface area contributed by atoms with Crippen LogP contribution in [0.4, 0.5) is 5.69 Å². The normalized spacial score (nSPS) is 29.9. The molecule has 0 saturated carbocycles. The van der Waals surface area contributed by atoms with Gasteiger partial charge in [0.15, 0.2) is 0 Å². The zero-order chi connectivity index (χ0) is 23.6. The molecule has 3 saturated heterocycles. The number of fused-ring (bicyclic) bond motifs is 1. The summed E-state index contributed by atoms with van der Waals surface area (Å²) < 4.78 is -0.599. The lowest BCUT2D eigenvalue weighted by Crippen LogP contribution is -2.52. The summed E-state index contributed by atoms with van der Waals surface area (Å²) in [6.07, 6.45) is 4.53. The fourth-order valence-electron chi connectivity index (χ4n) is 5.69. The summed E-state index contributed by atoms with van der Waals surface area (Å²) in [5.74, 6) is -1.30. The van der Waals surface area contributed by atoms with E-state index in [1.165, 1.54) is 0 Å². The molecular weight excluding hydrogens is 462 g/mol. The number of nitrogens with zero attached hydrogens (tertiary/aromatic N) is 1. The Balaban J connectivity index is 1.63. The Hall–Kier alpha value is -1.77. The second kappa shape index (κ2) is 10.2. The molecule has 2 bridgehead atoms. The number of aliphatic hydroxyl groups excluding tert-OH is 1. The predicted molar refractivity (Wildman–Crippen MR) is 130 cm³/mol. The zero-order valence-corrected chi connectivity index (χ0v) is 20.5. The number of hydrogen-bond acceptors (Lipinski definition) is 5. The van der Waals surface area contributed by atoms with Gasteiger partial charge in [-0.2, -0.15) is 0 Å². The average molecular weight is 494 g/mol. The first-order valence-corrected chi connectivity index (χ1v) is 13.1. The van der Waals surface area contributed by atoms with Crippen molar-refractivity contribution < 1.29 is 19.5 Å². The van der Waals surface area contributed by atoms with Gasteiger partial charge in [0.1, 0.15) is 6.04 Å². The van der Waals surface area contributed by atoms with E-state index in [-0.39, 0.29) is 29.6 Å². The van der Waals surface area contributed by atoms with Gasteiger partial charge < -0.3 is 20.6 Å². The number of rotatable bonds is 10. The number of amides is 3. The van der Waals surface area contributed by atoms with Crippen molar-refractivity contribution in [1.82, 2.24) is 10.2 Å². The maximum Gasteiger partial charge on any atom is 0.248 e. The minimum atomic E-state index is -0.653. The van der Waals surface area contributed by atoms with Crippen LogP contribution in [0.25, 0.3) is 0 Å². The molecule has 0 aliphatic carbocycles. The van der Waals surface area contributed by atoms with Gasteiger partial charge in [0.2, 0.25) is 17.7 Å². The lowest BCUT2D eigenvalue weighted by atomic mass is 9.70. The van der Waals surface area contributed by atoms with Gasteiger partial charge in [-0.05, 0) is 50.7 Å². The molecule has 1 aromatic rings. The molecule has 1 spiro atoms. The number of nitrogens with one attached hydrogen (secondary N) is 2.